The van der Waals surface area contributed by atoms with Crippen molar-refractivity contribution in [3.63, 3.8) is 0 Å². The van der Waals surface area contributed by atoms with Gasteiger partial charge in [-0.1, -0.05) is 11.3 Å². The van der Waals surface area contributed by atoms with Gasteiger partial charge in [-0.2, -0.15) is 0 Å². The molecule has 0 bridgehead atoms. The lowest BCUT2D eigenvalue weighted by atomic mass is 9.79. The summed E-state index contributed by atoms with van der Waals surface area (Å²) in [6.45, 7) is 3.17. The minimum absolute atomic E-state index is 0.0247. The smallest absolute Gasteiger partial charge is 0.426 e. The maximum absolute atomic E-state index is 12.0. The van der Waals surface area contributed by atoms with Crippen LogP contribution in [0.5, 0.6) is 0 Å². The summed E-state index contributed by atoms with van der Waals surface area (Å²) in [5.74, 6) is -1.24. The van der Waals surface area contributed by atoms with Crippen LogP contribution < -0.4 is 5.32 Å². The first-order valence-corrected chi connectivity index (χ1v) is 7.94. The fourth-order valence-electron chi connectivity index (χ4n) is 1.91. The Balaban J connectivity index is 1.98. The van der Waals surface area contributed by atoms with Crippen LogP contribution >= 0.6 is 11.3 Å². The first-order valence-electron chi connectivity index (χ1n) is 7.06. The molecule has 0 aliphatic heterocycles. The van der Waals surface area contributed by atoms with Gasteiger partial charge in [-0.15, -0.1) is 16.4 Å². The van der Waals surface area contributed by atoms with Gasteiger partial charge >= 0.3 is 7.12 Å². The van der Waals surface area contributed by atoms with Crippen LogP contribution in [0.3, 0.4) is 0 Å². The van der Waals surface area contributed by atoms with Crippen LogP contribution in [-0.2, 0) is 23.4 Å². The zero-order valence-corrected chi connectivity index (χ0v) is 13.7. The molecule has 2 aromatic rings. The van der Waals surface area contributed by atoms with Crippen molar-refractivity contribution >= 4 is 24.4 Å². The second-order valence-electron chi connectivity index (χ2n) is 5.73. The number of carbonyl (C=O) groups excluding carboxylic acids is 1. The van der Waals surface area contributed by atoms with Crippen molar-refractivity contribution < 1.29 is 19.9 Å². The molecule has 4 N–H and O–H groups in total. The zero-order valence-electron chi connectivity index (χ0n) is 12.9. The molecular formula is C13H19BN4O4S. The van der Waals surface area contributed by atoms with E-state index in [2.05, 4.69) is 15.6 Å². The molecule has 0 aliphatic carbocycles. The molecular weight excluding hydrogens is 319 g/mol. The van der Waals surface area contributed by atoms with E-state index in [0.717, 1.165) is 4.88 Å². The van der Waals surface area contributed by atoms with E-state index in [0.29, 0.717) is 5.69 Å². The maximum atomic E-state index is 12.0. The molecule has 2 rings (SSSR count). The van der Waals surface area contributed by atoms with Crippen LogP contribution in [0.25, 0.3) is 0 Å². The number of amides is 1. The number of nitrogens with one attached hydrogen (secondary N) is 1. The zero-order chi connectivity index (χ0) is 17.0. The molecule has 2 aromatic heterocycles. The molecule has 2 heterocycles. The summed E-state index contributed by atoms with van der Waals surface area (Å²) in [6.07, 6.45) is 1.67. The van der Waals surface area contributed by atoms with Crippen LogP contribution in [0, 0.1) is 0 Å². The Morgan fingerprint density at radius 2 is 2.26 bits per heavy atom. The second kappa shape index (κ2) is 7.22. The standard InChI is InChI=1S/C13H19BN4O4S/c1-13(2,20)10-7-18(17-16-10)8-11(14(21)22)15-12(19)6-9-4-3-5-23-9/h3-5,7,11,20-22H,6,8H2,1-2H3,(H,15,19)/t11-/m0/s1. The molecule has 0 aromatic carbocycles. The third-order valence-corrected chi connectivity index (χ3v) is 4.05. The van der Waals surface area contributed by atoms with Crippen LogP contribution in [0.4, 0.5) is 0 Å². The molecule has 8 nitrogen and oxygen atoms in total. The summed E-state index contributed by atoms with van der Waals surface area (Å²) in [5.41, 5.74) is -0.790. The minimum Gasteiger partial charge on any atom is -0.426 e. The largest absolute Gasteiger partial charge is 0.477 e. The Bertz CT molecular complexity index is 639. The van der Waals surface area contributed by atoms with E-state index in [9.17, 15) is 19.9 Å². The Kier molecular flexibility index (Phi) is 5.53. The van der Waals surface area contributed by atoms with Crippen LogP contribution in [0.1, 0.15) is 24.4 Å². The van der Waals surface area contributed by atoms with Gasteiger partial charge in [0.25, 0.3) is 0 Å². The van der Waals surface area contributed by atoms with Crippen LogP contribution in [0.15, 0.2) is 23.7 Å². The number of thiophene rings is 1. The molecule has 0 saturated carbocycles. The number of aliphatic hydroxyl groups is 1. The predicted molar refractivity (Wildman–Crippen MR) is 85.4 cm³/mol. The van der Waals surface area contributed by atoms with Crippen LogP contribution in [-0.4, -0.2) is 49.1 Å². The molecule has 0 radical (unpaired) electrons. The van der Waals surface area contributed by atoms with Crippen LogP contribution in [0.2, 0.25) is 0 Å². The molecule has 10 heteroatoms. The van der Waals surface area contributed by atoms with Crippen molar-refractivity contribution in [1.82, 2.24) is 20.3 Å². The van der Waals surface area contributed by atoms with E-state index >= 15 is 0 Å². The lowest BCUT2D eigenvalue weighted by molar-refractivity contribution is -0.120. The highest BCUT2D eigenvalue weighted by Gasteiger charge is 2.27. The first-order chi connectivity index (χ1) is 10.8. The molecule has 0 aliphatic rings. The molecule has 1 atom stereocenters. The fraction of sp³-hybridized carbons (Fsp3) is 0.462. The molecule has 1 amide bonds. The monoisotopic (exact) mass is 338 g/mol. The van der Waals surface area contributed by atoms with E-state index < -0.39 is 18.7 Å². The number of hydrogen-bond donors (Lipinski definition) is 4. The fourth-order valence-corrected chi connectivity index (χ4v) is 2.62. The third kappa shape index (κ3) is 5.14. The summed E-state index contributed by atoms with van der Waals surface area (Å²) >= 11 is 1.46. The average molecular weight is 338 g/mol. The number of nitrogens with zero attached hydrogens (tertiary/aromatic N) is 3. The van der Waals surface area contributed by atoms with Gasteiger partial charge in [0.15, 0.2) is 0 Å². The summed E-state index contributed by atoms with van der Waals surface area (Å²) in [7, 11) is -1.74. The molecule has 0 spiro atoms. The number of aromatic nitrogens is 3. The van der Waals surface area contributed by atoms with Gasteiger partial charge < -0.3 is 20.5 Å². The lowest BCUT2D eigenvalue weighted by Gasteiger charge is -2.17. The van der Waals surface area contributed by atoms with Gasteiger partial charge in [0.05, 0.1) is 25.1 Å². The van der Waals surface area contributed by atoms with Gasteiger partial charge in [-0.25, -0.2) is 0 Å². The SMILES string of the molecule is CC(C)(O)c1cn(C[C@H](NC(=O)Cc2cccs2)B(O)O)nn1. The number of rotatable bonds is 7. The van der Waals surface area contributed by atoms with Crippen molar-refractivity contribution in [3.8, 4) is 0 Å². The van der Waals surface area contributed by atoms with Gasteiger partial charge in [0.1, 0.15) is 11.3 Å². The Labute approximate surface area is 137 Å². The highest BCUT2D eigenvalue weighted by molar-refractivity contribution is 7.10. The van der Waals surface area contributed by atoms with Gasteiger partial charge in [-0.05, 0) is 25.3 Å². The minimum atomic E-state index is -1.74. The van der Waals surface area contributed by atoms with E-state index in [1.165, 1.54) is 22.2 Å². The van der Waals surface area contributed by atoms with Crippen molar-refractivity contribution in [1.29, 1.82) is 0 Å². The highest BCUT2D eigenvalue weighted by Crippen LogP contribution is 2.15. The van der Waals surface area contributed by atoms with Crippen molar-refractivity contribution in [2.45, 2.75) is 38.4 Å². The first kappa shape index (κ1) is 17.6. The average Bonchev–Trinajstić information content (AvgIpc) is 3.08. The van der Waals surface area contributed by atoms with Gasteiger partial charge in [0, 0.05) is 4.88 Å². The van der Waals surface area contributed by atoms with E-state index in [1.54, 1.807) is 13.8 Å². The number of hydrogen-bond acceptors (Lipinski definition) is 7. The third-order valence-electron chi connectivity index (χ3n) is 3.17. The Hall–Kier alpha value is -1.75. The summed E-state index contributed by atoms with van der Waals surface area (Å²) in [5, 5.41) is 40.8. The van der Waals surface area contributed by atoms with Gasteiger partial charge in [-0.3, -0.25) is 9.48 Å². The summed E-state index contributed by atoms with van der Waals surface area (Å²) in [4.78, 5) is 12.9. The summed E-state index contributed by atoms with van der Waals surface area (Å²) in [6, 6.07) is 3.68. The maximum Gasteiger partial charge on any atom is 0.477 e. The van der Waals surface area contributed by atoms with E-state index in [1.807, 2.05) is 17.5 Å². The van der Waals surface area contributed by atoms with E-state index in [-0.39, 0.29) is 18.9 Å². The molecule has 0 fully saturated rings. The molecule has 23 heavy (non-hydrogen) atoms. The predicted octanol–water partition coefficient (Wildman–Crippen LogP) is -0.694. The molecule has 124 valence electrons. The highest BCUT2D eigenvalue weighted by atomic mass is 32.1. The van der Waals surface area contributed by atoms with Crippen molar-refractivity contribution in [2.24, 2.45) is 0 Å². The van der Waals surface area contributed by atoms with Gasteiger partial charge in [0.2, 0.25) is 5.91 Å². The lowest BCUT2D eigenvalue weighted by Crippen LogP contribution is -2.49. The molecule has 0 saturated heterocycles. The second-order valence-corrected chi connectivity index (χ2v) is 6.76. The number of carbonyl (C=O) groups is 1. The quantitative estimate of drug-likeness (QED) is 0.496. The van der Waals surface area contributed by atoms with Crippen molar-refractivity contribution in [3.05, 3.63) is 34.3 Å². The topological polar surface area (TPSA) is 120 Å². The van der Waals surface area contributed by atoms with Crippen molar-refractivity contribution in [2.75, 3.05) is 0 Å². The normalized spacial score (nSPS) is 12.9. The van der Waals surface area contributed by atoms with E-state index in [4.69, 9.17) is 0 Å². The molecule has 0 unspecified atom stereocenters. The summed E-state index contributed by atoms with van der Waals surface area (Å²) < 4.78 is 1.35. The Morgan fingerprint density at radius 1 is 1.52 bits per heavy atom. The Morgan fingerprint density at radius 3 is 2.78 bits per heavy atom.